The van der Waals surface area contributed by atoms with Gasteiger partial charge in [-0.15, -0.1) is 0 Å². The number of benzene rings is 2. The normalized spacial score (nSPS) is 15.4. The van der Waals surface area contributed by atoms with Crippen LogP contribution in [0.15, 0.2) is 54.6 Å². The quantitative estimate of drug-likeness (QED) is 0.700. The van der Waals surface area contributed by atoms with Crippen molar-refractivity contribution in [1.82, 2.24) is 9.80 Å². The number of carbonyl (C=O) groups is 2. The average Bonchev–Trinajstić information content (AvgIpc) is 2.99. The topological polar surface area (TPSA) is 52.7 Å². The van der Waals surface area contributed by atoms with Gasteiger partial charge >= 0.3 is 6.03 Å². The van der Waals surface area contributed by atoms with Gasteiger partial charge in [0.05, 0.1) is 0 Å². The fourth-order valence-corrected chi connectivity index (χ4v) is 3.92. The molecule has 0 spiro atoms. The monoisotopic (exact) mass is 427 g/mol. The number of aryl methyl sites for hydroxylation is 1. The molecule has 0 aliphatic carbocycles. The van der Waals surface area contributed by atoms with Crippen LogP contribution in [0.3, 0.4) is 0 Å². The molecule has 160 valence electrons. The summed E-state index contributed by atoms with van der Waals surface area (Å²) in [7, 11) is 0. The zero-order valence-electron chi connectivity index (χ0n) is 17.5. The Hall–Kier alpha value is -2.53. The Kier molecular flexibility index (Phi) is 8.14. The average molecular weight is 428 g/mol. The number of hydrogen-bond acceptors (Lipinski definition) is 2. The Labute approximate surface area is 184 Å². The van der Waals surface area contributed by atoms with Crippen LogP contribution in [0, 0.1) is 5.92 Å². The van der Waals surface area contributed by atoms with Gasteiger partial charge in [-0.25, -0.2) is 4.79 Å². The number of anilines is 1. The number of nitrogens with zero attached hydrogens (tertiary/aromatic N) is 2. The molecule has 1 fully saturated rings. The minimum absolute atomic E-state index is 0.150. The predicted molar refractivity (Wildman–Crippen MR) is 122 cm³/mol. The molecule has 0 saturated carbocycles. The van der Waals surface area contributed by atoms with Crippen molar-refractivity contribution in [2.24, 2.45) is 5.92 Å². The van der Waals surface area contributed by atoms with Gasteiger partial charge in [-0.1, -0.05) is 54.9 Å². The van der Waals surface area contributed by atoms with Crippen molar-refractivity contribution >= 4 is 29.2 Å². The molecular weight excluding hydrogens is 398 g/mol. The van der Waals surface area contributed by atoms with Gasteiger partial charge in [-0.2, -0.15) is 0 Å². The van der Waals surface area contributed by atoms with Crippen molar-refractivity contribution < 1.29 is 9.59 Å². The summed E-state index contributed by atoms with van der Waals surface area (Å²) in [6, 6.07) is 17.4. The van der Waals surface area contributed by atoms with Crippen LogP contribution in [-0.4, -0.2) is 47.9 Å². The van der Waals surface area contributed by atoms with Gasteiger partial charge in [-0.05, 0) is 48.9 Å². The molecule has 0 aromatic heterocycles. The number of rotatable bonds is 6. The Morgan fingerprint density at radius 3 is 2.50 bits per heavy atom. The molecule has 1 atom stereocenters. The van der Waals surface area contributed by atoms with Crippen molar-refractivity contribution in [3.8, 4) is 0 Å². The van der Waals surface area contributed by atoms with E-state index in [-0.39, 0.29) is 11.9 Å². The van der Waals surface area contributed by atoms with Crippen LogP contribution in [0.4, 0.5) is 10.5 Å². The van der Waals surface area contributed by atoms with E-state index < -0.39 is 0 Å². The van der Waals surface area contributed by atoms with Gasteiger partial charge in [0.25, 0.3) is 0 Å². The summed E-state index contributed by atoms with van der Waals surface area (Å²) in [6.07, 6.45) is 3.33. The Morgan fingerprint density at radius 2 is 1.73 bits per heavy atom. The first kappa shape index (κ1) is 22.2. The van der Waals surface area contributed by atoms with Gasteiger partial charge in [-0.3, -0.25) is 4.79 Å². The summed E-state index contributed by atoms with van der Waals surface area (Å²) in [6.45, 7) is 4.60. The van der Waals surface area contributed by atoms with Crippen LogP contribution in [0.5, 0.6) is 0 Å². The van der Waals surface area contributed by atoms with Crippen LogP contribution in [-0.2, 0) is 11.2 Å². The lowest BCUT2D eigenvalue weighted by Gasteiger charge is -2.23. The van der Waals surface area contributed by atoms with E-state index >= 15 is 0 Å². The summed E-state index contributed by atoms with van der Waals surface area (Å²) in [5.41, 5.74) is 1.99. The zero-order valence-corrected chi connectivity index (χ0v) is 18.3. The molecule has 1 saturated heterocycles. The van der Waals surface area contributed by atoms with Gasteiger partial charge in [0, 0.05) is 43.3 Å². The van der Waals surface area contributed by atoms with E-state index in [1.54, 1.807) is 23.1 Å². The molecule has 2 aromatic rings. The van der Waals surface area contributed by atoms with Gasteiger partial charge in [0.15, 0.2) is 0 Å². The van der Waals surface area contributed by atoms with Gasteiger partial charge < -0.3 is 15.1 Å². The van der Waals surface area contributed by atoms with Crippen LogP contribution >= 0.6 is 11.6 Å². The lowest BCUT2D eigenvalue weighted by molar-refractivity contribution is -0.132. The van der Waals surface area contributed by atoms with E-state index in [2.05, 4.69) is 36.5 Å². The van der Waals surface area contributed by atoms with Crippen molar-refractivity contribution in [1.29, 1.82) is 0 Å². The molecule has 1 unspecified atom stereocenters. The first-order chi connectivity index (χ1) is 14.5. The minimum atomic E-state index is -0.150. The lowest BCUT2D eigenvalue weighted by Crippen LogP contribution is -2.39. The van der Waals surface area contributed by atoms with Crippen molar-refractivity contribution in [2.75, 3.05) is 31.5 Å². The summed E-state index contributed by atoms with van der Waals surface area (Å²) in [4.78, 5) is 29.0. The zero-order chi connectivity index (χ0) is 21.3. The fourth-order valence-electron chi connectivity index (χ4n) is 3.73. The fraction of sp³-hybridized carbons (Fsp3) is 0.417. The number of halogens is 1. The van der Waals surface area contributed by atoms with Crippen LogP contribution in [0.1, 0.15) is 31.7 Å². The Balaban J connectivity index is 1.44. The highest BCUT2D eigenvalue weighted by Crippen LogP contribution is 2.17. The standard InChI is InChI=1S/C24H30ClN3O2/c1-19(11-12-20-7-3-2-4-8-20)17-23(29)27-13-6-14-28(16-15-27)24(30)26-22-10-5-9-21(25)18-22/h2-5,7-10,18-19H,6,11-17H2,1H3,(H,26,30). The van der Waals surface area contributed by atoms with Gasteiger partial charge in [0.2, 0.25) is 5.91 Å². The molecule has 3 rings (SSSR count). The van der Waals surface area contributed by atoms with Gasteiger partial charge in [0.1, 0.15) is 0 Å². The number of urea groups is 1. The van der Waals surface area contributed by atoms with E-state index in [0.717, 1.165) is 19.3 Å². The summed E-state index contributed by atoms with van der Waals surface area (Å²) >= 11 is 5.98. The Morgan fingerprint density at radius 1 is 1.00 bits per heavy atom. The second-order valence-corrected chi connectivity index (χ2v) is 8.43. The number of amides is 3. The third kappa shape index (κ3) is 6.77. The summed E-state index contributed by atoms with van der Waals surface area (Å²) < 4.78 is 0. The smallest absolute Gasteiger partial charge is 0.321 e. The molecule has 0 bridgehead atoms. The molecule has 1 heterocycles. The Bertz CT molecular complexity index is 843. The molecule has 1 aliphatic heterocycles. The predicted octanol–water partition coefficient (Wildman–Crippen LogP) is 5.07. The molecule has 3 amide bonds. The van der Waals surface area contributed by atoms with E-state index in [0.29, 0.717) is 49.2 Å². The second-order valence-electron chi connectivity index (χ2n) is 8.00. The molecule has 2 aromatic carbocycles. The van der Waals surface area contributed by atoms with E-state index in [1.165, 1.54) is 5.56 Å². The van der Waals surface area contributed by atoms with Crippen LogP contribution in [0.2, 0.25) is 5.02 Å². The van der Waals surface area contributed by atoms with E-state index in [9.17, 15) is 9.59 Å². The SMILES string of the molecule is CC(CCc1ccccc1)CC(=O)N1CCCN(C(=O)Nc2cccc(Cl)c2)CC1. The summed E-state index contributed by atoms with van der Waals surface area (Å²) in [5.74, 6) is 0.524. The highest BCUT2D eigenvalue weighted by atomic mass is 35.5. The molecule has 1 N–H and O–H groups in total. The third-order valence-corrected chi connectivity index (χ3v) is 5.74. The molecule has 30 heavy (non-hydrogen) atoms. The third-order valence-electron chi connectivity index (χ3n) is 5.50. The number of carbonyl (C=O) groups excluding carboxylic acids is 2. The molecule has 0 radical (unpaired) electrons. The van der Waals surface area contributed by atoms with Crippen molar-refractivity contribution in [3.63, 3.8) is 0 Å². The highest BCUT2D eigenvalue weighted by molar-refractivity contribution is 6.30. The first-order valence-electron chi connectivity index (χ1n) is 10.6. The number of hydrogen-bond donors (Lipinski definition) is 1. The highest BCUT2D eigenvalue weighted by Gasteiger charge is 2.23. The molecular formula is C24H30ClN3O2. The molecule has 5 nitrogen and oxygen atoms in total. The van der Waals surface area contributed by atoms with E-state index in [4.69, 9.17) is 11.6 Å². The summed E-state index contributed by atoms with van der Waals surface area (Å²) in [5, 5.41) is 3.47. The first-order valence-corrected chi connectivity index (χ1v) is 11.0. The minimum Gasteiger partial charge on any atom is -0.341 e. The van der Waals surface area contributed by atoms with Crippen molar-refractivity contribution in [3.05, 3.63) is 65.2 Å². The van der Waals surface area contributed by atoms with Crippen molar-refractivity contribution in [2.45, 2.75) is 32.6 Å². The molecule has 1 aliphatic rings. The van der Waals surface area contributed by atoms with Crippen LogP contribution < -0.4 is 5.32 Å². The van der Waals surface area contributed by atoms with Crippen LogP contribution in [0.25, 0.3) is 0 Å². The molecule has 6 heteroatoms. The maximum Gasteiger partial charge on any atom is 0.321 e. The maximum absolute atomic E-state index is 12.8. The largest absolute Gasteiger partial charge is 0.341 e. The maximum atomic E-state index is 12.8. The number of nitrogens with one attached hydrogen (secondary N) is 1. The van der Waals surface area contributed by atoms with E-state index in [1.807, 2.05) is 17.0 Å². The lowest BCUT2D eigenvalue weighted by atomic mass is 9.97. The second kappa shape index (κ2) is 11.0.